The molecule has 4 nitrogen and oxygen atoms in total. The summed E-state index contributed by atoms with van der Waals surface area (Å²) < 4.78 is 5.28. The first-order valence-electron chi connectivity index (χ1n) is 5.47. The Balaban J connectivity index is 2.69. The molecule has 1 aromatic carbocycles. The molecule has 0 heterocycles. The molecule has 1 aromatic rings. The summed E-state index contributed by atoms with van der Waals surface area (Å²) >= 11 is 0. The number of hydrogen-bond donors (Lipinski definition) is 3. The summed E-state index contributed by atoms with van der Waals surface area (Å²) in [6.07, 6.45) is 0. The summed E-state index contributed by atoms with van der Waals surface area (Å²) in [6.45, 7) is 4.86. The van der Waals surface area contributed by atoms with Gasteiger partial charge in [0.05, 0.1) is 13.2 Å². The lowest BCUT2D eigenvalue weighted by Gasteiger charge is -2.13. The molecule has 0 aliphatic carbocycles. The van der Waals surface area contributed by atoms with Crippen LogP contribution in [0, 0.1) is 0 Å². The second-order valence-corrected chi connectivity index (χ2v) is 3.66. The van der Waals surface area contributed by atoms with Crippen molar-refractivity contribution in [2.24, 2.45) is 0 Å². The van der Waals surface area contributed by atoms with Gasteiger partial charge in [-0.3, -0.25) is 0 Å². The van der Waals surface area contributed by atoms with E-state index in [1.807, 2.05) is 26.0 Å². The maximum absolute atomic E-state index is 9.88. The Hall–Kier alpha value is -1.26. The number of aliphatic hydroxyl groups is 1. The Morgan fingerprint density at radius 2 is 2.19 bits per heavy atom. The number of aromatic hydroxyl groups is 1. The van der Waals surface area contributed by atoms with E-state index in [0.717, 1.165) is 5.56 Å². The molecule has 16 heavy (non-hydrogen) atoms. The van der Waals surface area contributed by atoms with Crippen molar-refractivity contribution in [3.63, 3.8) is 0 Å². The molecule has 4 heteroatoms. The minimum atomic E-state index is 0.00940. The fourth-order valence-corrected chi connectivity index (χ4v) is 1.33. The van der Waals surface area contributed by atoms with Gasteiger partial charge in [0.2, 0.25) is 0 Å². The quantitative estimate of drug-likeness (QED) is 0.682. The van der Waals surface area contributed by atoms with Crippen LogP contribution < -0.4 is 10.1 Å². The van der Waals surface area contributed by atoms with E-state index in [2.05, 4.69) is 5.32 Å². The fraction of sp³-hybridized carbons (Fsp3) is 0.500. The summed E-state index contributed by atoms with van der Waals surface area (Å²) in [4.78, 5) is 0. The molecule has 0 fully saturated rings. The van der Waals surface area contributed by atoms with Crippen molar-refractivity contribution in [1.29, 1.82) is 0 Å². The van der Waals surface area contributed by atoms with Crippen molar-refractivity contribution in [3.8, 4) is 11.5 Å². The Morgan fingerprint density at radius 1 is 1.44 bits per heavy atom. The van der Waals surface area contributed by atoms with Crippen LogP contribution in [0.25, 0.3) is 0 Å². The molecule has 0 saturated heterocycles. The first-order valence-corrected chi connectivity index (χ1v) is 5.47. The van der Waals surface area contributed by atoms with Crippen molar-refractivity contribution >= 4 is 0 Å². The van der Waals surface area contributed by atoms with Crippen LogP contribution in [0.3, 0.4) is 0 Å². The van der Waals surface area contributed by atoms with Crippen LogP contribution in [0.1, 0.15) is 19.4 Å². The van der Waals surface area contributed by atoms with Gasteiger partial charge in [0.25, 0.3) is 0 Å². The third-order valence-electron chi connectivity index (χ3n) is 2.30. The summed E-state index contributed by atoms with van der Waals surface area (Å²) in [5.41, 5.74) is 0.770. The van der Waals surface area contributed by atoms with Crippen molar-refractivity contribution in [3.05, 3.63) is 23.8 Å². The molecule has 0 spiro atoms. The number of phenolic OH excluding ortho intramolecular Hbond substituents is 1. The Labute approximate surface area is 95.9 Å². The minimum absolute atomic E-state index is 0.00940. The van der Waals surface area contributed by atoms with Gasteiger partial charge in [-0.15, -0.1) is 0 Å². The van der Waals surface area contributed by atoms with E-state index in [1.165, 1.54) is 0 Å². The van der Waals surface area contributed by atoms with E-state index < -0.39 is 0 Å². The number of para-hydroxylation sites is 1. The van der Waals surface area contributed by atoms with E-state index in [1.54, 1.807) is 6.07 Å². The van der Waals surface area contributed by atoms with Gasteiger partial charge in [-0.25, -0.2) is 0 Å². The highest BCUT2D eigenvalue weighted by Crippen LogP contribution is 2.29. The van der Waals surface area contributed by atoms with E-state index in [9.17, 15) is 5.11 Å². The highest BCUT2D eigenvalue weighted by Gasteiger charge is 2.08. The van der Waals surface area contributed by atoms with Crippen LogP contribution in [0.5, 0.6) is 11.5 Å². The average Bonchev–Trinajstić information content (AvgIpc) is 2.30. The second-order valence-electron chi connectivity index (χ2n) is 3.66. The third-order valence-corrected chi connectivity index (χ3v) is 2.30. The van der Waals surface area contributed by atoms with Gasteiger partial charge in [0.1, 0.15) is 0 Å². The normalized spacial score (nSPS) is 12.4. The zero-order chi connectivity index (χ0) is 12.0. The molecule has 1 atom stereocenters. The van der Waals surface area contributed by atoms with Crippen LogP contribution in [-0.4, -0.2) is 29.5 Å². The maximum atomic E-state index is 9.88. The lowest BCUT2D eigenvalue weighted by molar-refractivity contribution is 0.250. The third kappa shape index (κ3) is 3.40. The first kappa shape index (κ1) is 12.8. The van der Waals surface area contributed by atoms with E-state index in [4.69, 9.17) is 9.84 Å². The number of aliphatic hydroxyl groups excluding tert-OH is 1. The van der Waals surface area contributed by atoms with Crippen LogP contribution in [0.2, 0.25) is 0 Å². The first-order chi connectivity index (χ1) is 7.69. The molecule has 0 aromatic heterocycles. The predicted molar refractivity (Wildman–Crippen MR) is 62.7 cm³/mol. The van der Waals surface area contributed by atoms with E-state index in [-0.39, 0.29) is 18.4 Å². The molecular formula is C12H19NO3. The molecule has 0 radical (unpaired) electrons. The molecule has 0 unspecified atom stereocenters. The topological polar surface area (TPSA) is 61.7 Å². The molecule has 0 bridgehead atoms. The lowest BCUT2D eigenvalue weighted by atomic mass is 10.1. The van der Waals surface area contributed by atoms with Crippen LogP contribution >= 0.6 is 0 Å². The summed E-state index contributed by atoms with van der Waals surface area (Å²) in [5.74, 6) is 0.667. The number of ether oxygens (including phenoxy) is 1. The smallest absolute Gasteiger partial charge is 0.162 e. The number of phenols is 1. The van der Waals surface area contributed by atoms with Gasteiger partial charge in [0.15, 0.2) is 11.5 Å². The van der Waals surface area contributed by atoms with E-state index >= 15 is 0 Å². The van der Waals surface area contributed by atoms with Crippen LogP contribution in [0.4, 0.5) is 0 Å². The molecule has 0 saturated carbocycles. The fourth-order valence-electron chi connectivity index (χ4n) is 1.33. The molecule has 0 amide bonds. The van der Waals surface area contributed by atoms with E-state index in [0.29, 0.717) is 18.9 Å². The van der Waals surface area contributed by atoms with Gasteiger partial charge in [0, 0.05) is 18.2 Å². The molecule has 0 aliphatic heterocycles. The monoisotopic (exact) mass is 225 g/mol. The highest BCUT2D eigenvalue weighted by atomic mass is 16.5. The Kier molecular flexibility index (Phi) is 5.08. The van der Waals surface area contributed by atoms with Gasteiger partial charge in [-0.1, -0.05) is 12.1 Å². The summed E-state index contributed by atoms with van der Waals surface area (Å²) in [7, 11) is 0. The van der Waals surface area contributed by atoms with Gasteiger partial charge in [-0.2, -0.15) is 0 Å². The summed E-state index contributed by atoms with van der Waals surface area (Å²) in [6, 6.07) is 5.41. The number of hydrogen-bond acceptors (Lipinski definition) is 4. The maximum Gasteiger partial charge on any atom is 0.162 e. The molecule has 0 aliphatic rings. The lowest BCUT2D eigenvalue weighted by Crippen LogP contribution is -2.28. The largest absolute Gasteiger partial charge is 0.504 e. The SMILES string of the molecule is CCOc1cccc(CN[C@H](C)CO)c1O. The van der Waals surface area contributed by atoms with Gasteiger partial charge >= 0.3 is 0 Å². The number of benzene rings is 1. The zero-order valence-corrected chi connectivity index (χ0v) is 9.73. The molecular weight excluding hydrogens is 206 g/mol. The van der Waals surface area contributed by atoms with Crippen molar-refractivity contribution in [2.75, 3.05) is 13.2 Å². The van der Waals surface area contributed by atoms with Crippen molar-refractivity contribution in [1.82, 2.24) is 5.32 Å². The standard InChI is InChI=1S/C12H19NO3/c1-3-16-11-6-4-5-10(12(11)15)7-13-9(2)8-14/h4-6,9,13-15H,3,7-8H2,1-2H3/t9-/m1/s1. The number of rotatable bonds is 6. The van der Waals surface area contributed by atoms with Crippen molar-refractivity contribution < 1.29 is 14.9 Å². The zero-order valence-electron chi connectivity index (χ0n) is 9.73. The number of nitrogens with one attached hydrogen (secondary N) is 1. The molecule has 1 rings (SSSR count). The van der Waals surface area contributed by atoms with Crippen LogP contribution in [-0.2, 0) is 6.54 Å². The van der Waals surface area contributed by atoms with Crippen molar-refractivity contribution in [2.45, 2.75) is 26.4 Å². The minimum Gasteiger partial charge on any atom is -0.504 e. The van der Waals surface area contributed by atoms with Gasteiger partial charge in [-0.05, 0) is 19.9 Å². The van der Waals surface area contributed by atoms with Crippen LogP contribution in [0.15, 0.2) is 18.2 Å². The van der Waals surface area contributed by atoms with Gasteiger partial charge < -0.3 is 20.3 Å². The average molecular weight is 225 g/mol. The Morgan fingerprint density at radius 3 is 2.81 bits per heavy atom. The Bertz CT molecular complexity index is 328. The summed E-state index contributed by atoms with van der Waals surface area (Å²) in [5, 5.41) is 21.8. The predicted octanol–water partition coefficient (Wildman–Crippen LogP) is 1.26. The highest BCUT2D eigenvalue weighted by molar-refractivity contribution is 5.45. The second kappa shape index (κ2) is 6.35. The molecule has 90 valence electrons. The molecule has 3 N–H and O–H groups in total.